The van der Waals surface area contributed by atoms with Crippen molar-refractivity contribution in [2.24, 2.45) is 11.8 Å². The van der Waals surface area contributed by atoms with Gasteiger partial charge in [0.2, 0.25) is 11.8 Å². The van der Waals surface area contributed by atoms with Crippen molar-refractivity contribution in [1.29, 1.82) is 0 Å². The first-order valence-corrected chi connectivity index (χ1v) is 7.79. The highest BCUT2D eigenvalue weighted by Gasteiger charge is 2.66. The highest BCUT2D eigenvalue weighted by Crippen LogP contribution is 2.52. The maximum absolute atomic E-state index is 12.7. The van der Waals surface area contributed by atoms with E-state index >= 15 is 0 Å². The molecular formula is C15H11BrClNO3. The van der Waals surface area contributed by atoms with Gasteiger partial charge in [-0.1, -0.05) is 23.8 Å². The molecular weight excluding hydrogens is 358 g/mol. The van der Waals surface area contributed by atoms with Gasteiger partial charge < -0.3 is 4.74 Å². The van der Waals surface area contributed by atoms with Crippen molar-refractivity contribution in [2.75, 3.05) is 4.90 Å². The van der Waals surface area contributed by atoms with Crippen LogP contribution in [-0.4, -0.2) is 23.5 Å². The molecule has 4 atom stereocenters. The second kappa shape index (κ2) is 4.18. The molecule has 4 rings (SSSR count). The Morgan fingerprint density at radius 2 is 2.10 bits per heavy atom. The fourth-order valence-electron chi connectivity index (χ4n) is 3.53. The van der Waals surface area contributed by atoms with Crippen LogP contribution in [0, 0.1) is 11.8 Å². The normalized spacial score (nSPS) is 36.7. The quantitative estimate of drug-likeness (QED) is 0.565. The number of ether oxygens (including phenoxy) is 1. The predicted octanol–water partition coefficient (Wildman–Crippen LogP) is 2.94. The molecule has 4 nitrogen and oxygen atoms in total. The zero-order chi connectivity index (χ0) is 14.9. The Kier molecular flexibility index (Phi) is 2.69. The van der Waals surface area contributed by atoms with E-state index in [1.54, 1.807) is 18.2 Å². The van der Waals surface area contributed by atoms with Gasteiger partial charge in [0.1, 0.15) is 0 Å². The number of benzene rings is 1. The van der Waals surface area contributed by atoms with Gasteiger partial charge in [0, 0.05) is 4.47 Å². The third-order valence-electron chi connectivity index (χ3n) is 4.49. The number of fused-ring (bicyclic) bond motifs is 5. The smallest absolute Gasteiger partial charge is 0.241 e. The summed E-state index contributed by atoms with van der Waals surface area (Å²) < 4.78 is 6.51. The lowest BCUT2D eigenvalue weighted by Crippen LogP contribution is -2.38. The molecule has 0 spiro atoms. The maximum atomic E-state index is 12.7. The lowest BCUT2D eigenvalue weighted by molar-refractivity contribution is -0.126. The Bertz CT molecular complexity index is 719. The van der Waals surface area contributed by atoms with Crippen molar-refractivity contribution < 1.29 is 14.3 Å². The molecule has 3 aliphatic rings. The van der Waals surface area contributed by atoms with E-state index in [-0.39, 0.29) is 17.9 Å². The second-order valence-electron chi connectivity index (χ2n) is 5.74. The summed E-state index contributed by atoms with van der Waals surface area (Å²) in [5, 5.41) is 0.466. The van der Waals surface area contributed by atoms with E-state index in [4.69, 9.17) is 16.3 Å². The molecule has 0 N–H and O–H groups in total. The van der Waals surface area contributed by atoms with E-state index < -0.39 is 17.4 Å². The number of hydrogen-bond donors (Lipinski definition) is 0. The molecule has 6 heteroatoms. The van der Waals surface area contributed by atoms with Gasteiger partial charge in [0.15, 0.2) is 0 Å². The Balaban J connectivity index is 1.78. The molecule has 2 saturated heterocycles. The van der Waals surface area contributed by atoms with Gasteiger partial charge in [0.05, 0.1) is 34.3 Å². The van der Waals surface area contributed by atoms with Crippen LogP contribution in [-0.2, 0) is 14.3 Å². The van der Waals surface area contributed by atoms with Crippen LogP contribution in [0.1, 0.15) is 6.92 Å². The van der Waals surface area contributed by atoms with Crippen LogP contribution in [0.5, 0.6) is 0 Å². The van der Waals surface area contributed by atoms with E-state index in [2.05, 4.69) is 15.9 Å². The van der Waals surface area contributed by atoms with Crippen molar-refractivity contribution in [1.82, 2.24) is 0 Å². The number of rotatable bonds is 1. The first kappa shape index (κ1) is 13.5. The number of amides is 2. The highest BCUT2D eigenvalue weighted by molar-refractivity contribution is 9.10. The molecule has 1 aromatic carbocycles. The Labute approximate surface area is 134 Å². The molecule has 0 saturated carbocycles. The van der Waals surface area contributed by atoms with E-state index in [0.717, 1.165) is 4.47 Å². The van der Waals surface area contributed by atoms with Gasteiger partial charge in [-0.15, -0.1) is 0 Å². The van der Waals surface area contributed by atoms with Crippen molar-refractivity contribution in [3.8, 4) is 0 Å². The number of carbonyl (C=O) groups excluding carboxylic acids is 2. The molecule has 0 aliphatic carbocycles. The summed E-state index contributed by atoms with van der Waals surface area (Å²) in [5.41, 5.74) is -0.161. The van der Waals surface area contributed by atoms with E-state index in [9.17, 15) is 9.59 Å². The van der Waals surface area contributed by atoms with Crippen LogP contribution in [0.3, 0.4) is 0 Å². The number of nitrogens with zero attached hydrogens (tertiary/aromatic N) is 1. The van der Waals surface area contributed by atoms with Gasteiger partial charge >= 0.3 is 0 Å². The lowest BCUT2D eigenvalue weighted by atomic mass is 9.78. The summed E-state index contributed by atoms with van der Waals surface area (Å²) >= 11 is 9.38. The van der Waals surface area contributed by atoms with Gasteiger partial charge in [-0.2, -0.15) is 0 Å². The van der Waals surface area contributed by atoms with Gasteiger partial charge in [-0.3, -0.25) is 9.59 Å². The van der Waals surface area contributed by atoms with Crippen molar-refractivity contribution in [3.05, 3.63) is 39.8 Å². The molecule has 0 radical (unpaired) electrons. The average Bonchev–Trinajstić information content (AvgIpc) is 3.03. The fraction of sp³-hybridized carbons (Fsp3) is 0.333. The third-order valence-corrected chi connectivity index (χ3v) is 5.72. The highest BCUT2D eigenvalue weighted by atomic mass is 79.9. The number of halogens is 2. The standard InChI is InChI=1S/C15H11BrClNO3/c1-15-5-4-10(21-15)11-12(15)14(20)18(13(11)19)7-2-3-8(16)9(17)6-7/h2-6,10-12H,1H3/t10-,11+,12-,15+/m1/s1. The third kappa shape index (κ3) is 1.65. The van der Waals surface area contributed by atoms with Gasteiger partial charge in [0.25, 0.3) is 0 Å². The Hall–Kier alpha value is -1.17. The summed E-state index contributed by atoms with van der Waals surface area (Å²) in [6.07, 6.45) is 3.47. The largest absolute Gasteiger partial charge is 0.362 e. The SMILES string of the molecule is C[C@@]12C=C[C@@H](O1)[C@@H]1C(=O)N(c3ccc(Br)c(Cl)c3)C(=O)[C@@H]12. The van der Waals surface area contributed by atoms with Crippen LogP contribution < -0.4 is 4.90 Å². The van der Waals surface area contributed by atoms with E-state index in [1.165, 1.54) is 4.90 Å². The van der Waals surface area contributed by atoms with Crippen LogP contribution in [0.15, 0.2) is 34.8 Å². The van der Waals surface area contributed by atoms with Crippen LogP contribution >= 0.6 is 27.5 Å². The zero-order valence-corrected chi connectivity index (χ0v) is 13.4. The fourth-order valence-corrected chi connectivity index (χ4v) is 3.95. The minimum Gasteiger partial charge on any atom is -0.362 e. The molecule has 0 unspecified atom stereocenters. The monoisotopic (exact) mass is 367 g/mol. The zero-order valence-electron chi connectivity index (χ0n) is 11.0. The molecule has 3 heterocycles. The molecule has 0 aromatic heterocycles. The van der Waals surface area contributed by atoms with Crippen LogP contribution in [0.4, 0.5) is 5.69 Å². The summed E-state index contributed by atoms with van der Waals surface area (Å²) in [5.74, 6) is -1.28. The van der Waals surface area contributed by atoms with Crippen LogP contribution in [0.25, 0.3) is 0 Å². The molecule has 108 valence electrons. The molecule has 1 aromatic rings. The summed E-state index contributed by atoms with van der Waals surface area (Å²) in [6, 6.07) is 5.07. The lowest BCUT2D eigenvalue weighted by Gasteiger charge is -2.24. The van der Waals surface area contributed by atoms with Crippen molar-refractivity contribution in [2.45, 2.75) is 18.6 Å². The van der Waals surface area contributed by atoms with Crippen molar-refractivity contribution in [3.63, 3.8) is 0 Å². The summed E-state index contributed by atoms with van der Waals surface area (Å²) in [6.45, 7) is 1.86. The number of carbonyl (C=O) groups is 2. The first-order valence-electron chi connectivity index (χ1n) is 6.62. The van der Waals surface area contributed by atoms with Crippen molar-refractivity contribution >= 4 is 45.0 Å². The van der Waals surface area contributed by atoms with Gasteiger partial charge in [-0.05, 0) is 41.1 Å². The molecule has 3 aliphatic heterocycles. The summed E-state index contributed by atoms with van der Waals surface area (Å²) in [4.78, 5) is 26.6. The maximum Gasteiger partial charge on any atom is 0.241 e. The summed E-state index contributed by atoms with van der Waals surface area (Å²) in [7, 11) is 0. The van der Waals surface area contributed by atoms with Gasteiger partial charge in [-0.25, -0.2) is 4.90 Å². The number of imide groups is 1. The molecule has 21 heavy (non-hydrogen) atoms. The topological polar surface area (TPSA) is 46.6 Å². The Morgan fingerprint density at radius 3 is 2.76 bits per heavy atom. The Morgan fingerprint density at radius 1 is 1.33 bits per heavy atom. The minimum atomic E-state index is -0.671. The minimum absolute atomic E-state index is 0.207. The van der Waals surface area contributed by atoms with E-state index in [0.29, 0.717) is 10.7 Å². The molecule has 2 amide bonds. The first-order chi connectivity index (χ1) is 9.92. The number of hydrogen-bond acceptors (Lipinski definition) is 3. The number of anilines is 1. The second-order valence-corrected chi connectivity index (χ2v) is 7.00. The molecule has 2 fully saturated rings. The molecule has 2 bridgehead atoms. The van der Waals surface area contributed by atoms with Crippen LogP contribution in [0.2, 0.25) is 5.02 Å². The van der Waals surface area contributed by atoms with E-state index in [1.807, 2.05) is 19.1 Å². The average molecular weight is 369 g/mol. The predicted molar refractivity (Wildman–Crippen MR) is 81.0 cm³/mol.